The van der Waals surface area contributed by atoms with Crippen LogP contribution in [0.25, 0.3) is 0 Å². The summed E-state index contributed by atoms with van der Waals surface area (Å²) in [4.78, 5) is 10.9. The molecular weight excluding hydrogens is 214 g/mol. The van der Waals surface area contributed by atoms with Crippen LogP contribution in [0.4, 0.5) is 0 Å². The molecular formula is C10H17NO3S. The van der Waals surface area contributed by atoms with Crippen LogP contribution >= 0.6 is 11.8 Å². The van der Waals surface area contributed by atoms with Crippen molar-refractivity contribution in [3.63, 3.8) is 0 Å². The second kappa shape index (κ2) is 4.31. The van der Waals surface area contributed by atoms with Gasteiger partial charge in [-0.15, -0.1) is 11.8 Å². The molecule has 2 aliphatic rings. The Bertz CT molecular complexity index is 253. The Labute approximate surface area is 93.8 Å². The average molecular weight is 231 g/mol. The molecule has 1 aliphatic carbocycles. The highest BCUT2D eigenvalue weighted by molar-refractivity contribution is 8.00. The Balaban J connectivity index is 1.86. The van der Waals surface area contributed by atoms with Gasteiger partial charge in [-0.1, -0.05) is 0 Å². The number of ether oxygens (including phenoxy) is 1. The summed E-state index contributed by atoms with van der Waals surface area (Å²) < 4.78 is 5.50. The van der Waals surface area contributed by atoms with E-state index < -0.39 is 5.97 Å². The number of carboxylic acid groups (broad SMARTS) is 1. The van der Waals surface area contributed by atoms with Gasteiger partial charge in [0.1, 0.15) is 6.04 Å². The Hall–Kier alpha value is -0.260. The van der Waals surface area contributed by atoms with E-state index >= 15 is 0 Å². The summed E-state index contributed by atoms with van der Waals surface area (Å²) in [7, 11) is 0. The van der Waals surface area contributed by atoms with E-state index in [4.69, 9.17) is 9.84 Å². The van der Waals surface area contributed by atoms with E-state index in [1.807, 2.05) is 18.7 Å². The van der Waals surface area contributed by atoms with Crippen molar-refractivity contribution in [1.82, 2.24) is 5.32 Å². The number of carbonyl (C=O) groups is 1. The van der Waals surface area contributed by atoms with Gasteiger partial charge in [-0.05, 0) is 19.1 Å². The maximum absolute atomic E-state index is 10.9. The third-order valence-electron chi connectivity index (χ3n) is 3.04. The number of thioether (sulfide) groups is 1. The summed E-state index contributed by atoms with van der Waals surface area (Å²) in [5.41, 5.74) is 0. The van der Waals surface area contributed by atoms with Crippen LogP contribution in [0.5, 0.6) is 0 Å². The van der Waals surface area contributed by atoms with E-state index in [0.717, 1.165) is 31.6 Å². The predicted molar refractivity (Wildman–Crippen MR) is 59.0 cm³/mol. The Morgan fingerprint density at radius 3 is 3.00 bits per heavy atom. The monoisotopic (exact) mass is 231 g/mol. The first kappa shape index (κ1) is 11.2. The molecule has 0 radical (unpaired) electrons. The minimum Gasteiger partial charge on any atom is -0.480 e. The third kappa shape index (κ3) is 2.29. The molecule has 0 amide bonds. The number of rotatable bonds is 3. The van der Waals surface area contributed by atoms with Gasteiger partial charge in [0.15, 0.2) is 0 Å². The van der Waals surface area contributed by atoms with Crippen LogP contribution in [-0.2, 0) is 9.53 Å². The number of nitrogens with one attached hydrogen (secondary N) is 1. The molecule has 4 nitrogen and oxygen atoms in total. The summed E-state index contributed by atoms with van der Waals surface area (Å²) in [5.74, 6) is 0.206. The van der Waals surface area contributed by atoms with Crippen molar-refractivity contribution in [2.24, 2.45) is 0 Å². The predicted octanol–water partition coefficient (Wildman–Crippen LogP) is 1.06. The molecule has 1 heterocycles. The highest BCUT2D eigenvalue weighted by atomic mass is 32.2. The van der Waals surface area contributed by atoms with Crippen molar-refractivity contribution in [3.05, 3.63) is 0 Å². The molecule has 5 heteroatoms. The maximum Gasteiger partial charge on any atom is 0.320 e. The number of hydrogen-bond donors (Lipinski definition) is 2. The lowest BCUT2D eigenvalue weighted by Crippen LogP contribution is -2.62. The van der Waals surface area contributed by atoms with Gasteiger partial charge in [0.25, 0.3) is 0 Å². The standard InChI is InChI=1S/C10H17NO3S/c1-2-14-7-5-10(6-7)11-8(9(12)13)3-4-15-10/h7-8,11H,2-6H2,1H3,(H,12,13). The van der Waals surface area contributed by atoms with Crippen molar-refractivity contribution >= 4 is 17.7 Å². The van der Waals surface area contributed by atoms with E-state index in [-0.39, 0.29) is 10.9 Å². The molecule has 1 saturated carbocycles. The van der Waals surface area contributed by atoms with Gasteiger partial charge in [0, 0.05) is 19.4 Å². The SMILES string of the molecule is CCOC1CC2(C1)NC(C(=O)O)CCS2. The molecule has 86 valence electrons. The zero-order chi connectivity index (χ0) is 10.9. The van der Waals surface area contributed by atoms with Crippen molar-refractivity contribution in [2.45, 2.75) is 43.2 Å². The van der Waals surface area contributed by atoms with Crippen LogP contribution in [0.3, 0.4) is 0 Å². The van der Waals surface area contributed by atoms with Crippen molar-refractivity contribution in [1.29, 1.82) is 0 Å². The Morgan fingerprint density at radius 2 is 2.40 bits per heavy atom. The van der Waals surface area contributed by atoms with Crippen LogP contribution < -0.4 is 5.32 Å². The fourth-order valence-electron chi connectivity index (χ4n) is 2.25. The van der Waals surface area contributed by atoms with E-state index in [1.54, 1.807) is 0 Å². The third-order valence-corrected chi connectivity index (χ3v) is 4.48. The fraction of sp³-hybridized carbons (Fsp3) is 0.900. The maximum atomic E-state index is 10.9. The molecule has 15 heavy (non-hydrogen) atoms. The molecule has 1 spiro atoms. The molecule has 0 aromatic heterocycles. The van der Waals surface area contributed by atoms with Crippen molar-refractivity contribution in [3.8, 4) is 0 Å². The fourth-order valence-corrected chi connectivity index (χ4v) is 3.83. The molecule has 2 N–H and O–H groups in total. The summed E-state index contributed by atoms with van der Waals surface area (Å²) in [6.07, 6.45) is 2.92. The molecule has 0 bridgehead atoms. The van der Waals surface area contributed by atoms with Gasteiger partial charge < -0.3 is 9.84 Å². The van der Waals surface area contributed by atoms with Crippen LogP contribution in [0.2, 0.25) is 0 Å². The minimum absolute atomic E-state index is 0.0128. The van der Waals surface area contributed by atoms with Crippen LogP contribution in [0.15, 0.2) is 0 Å². The van der Waals surface area contributed by atoms with Crippen molar-refractivity contribution in [2.75, 3.05) is 12.4 Å². The highest BCUT2D eigenvalue weighted by Gasteiger charge is 2.49. The minimum atomic E-state index is -0.727. The summed E-state index contributed by atoms with van der Waals surface area (Å²) >= 11 is 1.85. The molecule has 1 atom stereocenters. The Morgan fingerprint density at radius 1 is 1.67 bits per heavy atom. The largest absolute Gasteiger partial charge is 0.480 e. The lowest BCUT2D eigenvalue weighted by Gasteiger charge is -2.50. The summed E-state index contributed by atoms with van der Waals surface area (Å²) in [6, 6.07) is -0.367. The molecule has 1 saturated heterocycles. The van der Waals surface area contributed by atoms with E-state index in [0.29, 0.717) is 6.10 Å². The highest BCUT2D eigenvalue weighted by Crippen LogP contribution is 2.46. The van der Waals surface area contributed by atoms with Crippen LogP contribution in [0.1, 0.15) is 26.2 Å². The van der Waals surface area contributed by atoms with Gasteiger partial charge in [-0.25, -0.2) is 0 Å². The van der Waals surface area contributed by atoms with E-state index in [2.05, 4.69) is 5.32 Å². The molecule has 1 unspecified atom stereocenters. The number of aliphatic carboxylic acids is 1. The van der Waals surface area contributed by atoms with Gasteiger partial charge >= 0.3 is 5.97 Å². The Kier molecular flexibility index (Phi) is 3.23. The van der Waals surface area contributed by atoms with Crippen LogP contribution in [0, 0.1) is 0 Å². The topological polar surface area (TPSA) is 58.6 Å². The summed E-state index contributed by atoms with van der Waals surface area (Å²) in [6.45, 7) is 2.74. The second-order valence-electron chi connectivity index (χ2n) is 4.15. The first-order chi connectivity index (χ1) is 7.15. The lowest BCUT2D eigenvalue weighted by atomic mass is 9.87. The average Bonchev–Trinajstić information content (AvgIpc) is 2.16. The number of hydrogen-bond acceptors (Lipinski definition) is 4. The molecule has 0 aromatic carbocycles. The van der Waals surface area contributed by atoms with Gasteiger partial charge in [0.2, 0.25) is 0 Å². The van der Waals surface area contributed by atoms with E-state index in [1.165, 1.54) is 0 Å². The molecule has 1 aliphatic heterocycles. The van der Waals surface area contributed by atoms with Crippen molar-refractivity contribution < 1.29 is 14.6 Å². The number of carboxylic acids is 1. The van der Waals surface area contributed by atoms with E-state index in [9.17, 15) is 4.79 Å². The van der Waals surface area contributed by atoms with Gasteiger partial charge in [-0.3, -0.25) is 10.1 Å². The zero-order valence-corrected chi connectivity index (χ0v) is 9.68. The first-order valence-electron chi connectivity index (χ1n) is 5.41. The summed E-state index contributed by atoms with van der Waals surface area (Å²) in [5, 5.41) is 12.2. The second-order valence-corrected chi connectivity index (χ2v) is 5.63. The zero-order valence-electron chi connectivity index (χ0n) is 8.86. The molecule has 0 aromatic rings. The van der Waals surface area contributed by atoms with Gasteiger partial charge in [-0.2, -0.15) is 0 Å². The molecule has 2 rings (SSSR count). The van der Waals surface area contributed by atoms with Crippen LogP contribution in [-0.4, -0.2) is 40.5 Å². The first-order valence-corrected chi connectivity index (χ1v) is 6.40. The van der Waals surface area contributed by atoms with Gasteiger partial charge in [0.05, 0.1) is 11.0 Å². The normalized spacial score (nSPS) is 40.1. The quantitative estimate of drug-likeness (QED) is 0.760. The smallest absolute Gasteiger partial charge is 0.320 e. The lowest BCUT2D eigenvalue weighted by molar-refractivity contribution is -0.140. The molecule has 2 fully saturated rings.